The van der Waals surface area contributed by atoms with Gasteiger partial charge in [-0.3, -0.25) is 4.79 Å². The summed E-state index contributed by atoms with van der Waals surface area (Å²) in [5, 5.41) is 8.35. The molecule has 0 aromatic carbocycles. The van der Waals surface area contributed by atoms with Gasteiger partial charge in [-0.15, -0.1) is 11.3 Å². The van der Waals surface area contributed by atoms with E-state index in [1.54, 1.807) is 11.3 Å². The van der Waals surface area contributed by atoms with E-state index in [2.05, 4.69) is 16.7 Å². The normalized spacial score (nSPS) is 16.8. The fourth-order valence-corrected chi connectivity index (χ4v) is 2.29. The Kier molecular flexibility index (Phi) is 4.53. The van der Waals surface area contributed by atoms with E-state index in [4.69, 9.17) is 5.73 Å². The van der Waals surface area contributed by atoms with Crippen LogP contribution in [0.5, 0.6) is 0 Å². The quantitative estimate of drug-likeness (QED) is 0.674. The third-order valence-electron chi connectivity index (χ3n) is 2.80. The van der Waals surface area contributed by atoms with E-state index in [0.29, 0.717) is 19.0 Å². The van der Waals surface area contributed by atoms with Crippen LogP contribution >= 0.6 is 11.3 Å². The Morgan fingerprint density at radius 2 is 2.41 bits per heavy atom. The Morgan fingerprint density at radius 1 is 1.59 bits per heavy atom. The maximum Gasteiger partial charge on any atom is 0.221 e. The molecule has 17 heavy (non-hydrogen) atoms. The van der Waals surface area contributed by atoms with E-state index in [1.165, 1.54) is 4.88 Å². The summed E-state index contributed by atoms with van der Waals surface area (Å²) in [7, 11) is 0. The fraction of sp³-hybridized carbons (Fsp3) is 0.583. The highest BCUT2D eigenvalue weighted by Gasteiger charge is 2.24. The van der Waals surface area contributed by atoms with Crippen molar-refractivity contribution in [2.45, 2.75) is 37.9 Å². The lowest BCUT2D eigenvalue weighted by atomic mass is 10.2. The molecule has 1 unspecified atom stereocenters. The first-order chi connectivity index (χ1) is 8.28. The highest BCUT2D eigenvalue weighted by Crippen LogP contribution is 2.18. The van der Waals surface area contributed by atoms with Crippen LogP contribution in [-0.4, -0.2) is 24.5 Å². The minimum atomic E-state index is 0.0656. The second kappa shape index (κ2) is 6.14. The SMILES string of the molecule is NCC(CC(=O)NC1CC1)NCc1cccs1. The van der Waals surface area contributed by atoms with Gasteiger partial charge in [0.1, 0.15) is 0 Å². The summed E-state index contributed by atoms with van der Waals surface area (Å²) in [5.74, 6) is 0.113. The molecule has 1 aliphatic rings. The number of nitrogens with one attached hydrogen (secondary N) is 2. The van der Waals surface area contributed by atoms with E-state index >= 15 is 0 Å². The fourth-order valence-electron chi connectivity index (χ4n) is 1.63. The summed E-state index contributed by atoms with van der Waals surface area (Å²) in [6.45, 7) is 1.28. The Balaban J connectivity index is 1.69. The summed E-state index contributed by atoms with van der Waals surface area (Å²) < 4.78 is 0. The molecule has 1 amide bonds. The molecule has 1 fully saturated rings. The molecule has 0 spiro atoms. The summed E-state index contributed by atoms with van der Waals surface area (Å²) >= 11 is 1.71. The van der Waals surface area contributed by atoms with Crippen molar-refractivity contribution < 1.29 is 4.79 Å². The van der Waals surface area contributed by atoms with Gasteiger partial charge < -0.3 is 16.4 Å². The molecule has 1 aromatic heterocycles. The van der Waals surface area contributed by atoms with Crippen LogP contribution < -0.4 is 16.4 Å². The summed E-state index contributed by atoms with van der Waals surface area (Å²) in [4.78, 5) is 12.9. The maximum absolute atomic E-state index is 11.6. The van der Waals surface area contributed by atoms with Crippen LogP contribution in [-0.2, 0) is 11.3 Å². The number of rotatable bonds is 7. The van der Waals surface area contributed by atoms with Crippen LogP contribution in [0.2, 0.25) is 0 Å². The van der Waals surface area contributed by atoms with Gasteiger partial charge in [0.2, 0.25) is 5.91 Å². The van der Waals surface area contributed by atoms with Gasteiger partial charge in [0.05, 0.1) is 0 Å². The van der Waals surface area contributed by atoms with Crippen molar-refractivity contribution in [3.63, 3.8) is 0 Å². The number of nitrogens with two attached hydrogens (primary N) is 1. The molecule has 4 nitrogen and oxygen atoms in total. The number of hydrogen-bond donors (Lipinski definition) is 3. The average molecular weight is 253 g/mol. The van der Waals surface area contributed by atoms with Crippen molar-refractivity contribution in [2.24, 2.45) is 5.73 Å². The van der Waals surface area contributed by atoms with Gasteiger partial charge in [0, 0.05) is 36.5 Å². The van der Waals surface area contributed by atoms with Crippen molar-refractivity contribution in [1.82, 2.24) is 10.6 Å². The molecule has 0 radical (unpaired) electrons. The first kappa shape index (κ1) is 12.5. The lowest BCUT2D eigenvalue weighted by Gasteiger charge is -2.15. The van der Waals surface area contributed by atoms with Crippen LogP contribution in [0.15, 0.2) is 17.5 Å². The molecule has 5 heteroatoms. The minimum absolute atomic E-state index is 0.0656. The lowest BCUT2D eigenvalue weighted by molar-refractivity contribution is -0.121. The monoisotopic (exact) mass is 253 g/mol. The van der Waals surface area contributed by atoms with E-state index < -0.39 is 0 Å². The molecule has 2 rings (SSSR count). The smallest absolute Gasteiger partial charge is 0.221 e. The molecule has 1 saturated carbocycles. The Bertz CT molecular complexity index is 349. The van der Waals surface area contributed by atoms with Crippen molar-refractivity contribution in [2.75, 3.05) is 6.54 Å². The first-order valence-corrected chi connectivity index (χ1v) is 6.91. The standard InChI is InChI=1S/C12H19N3OS/c13-7-10(6-12(16)15-9-3-4-9)14-8-11-2-1-5-17-11/h1-2,5,9-10,14H,3-4,6-8,13H2,(H,15,16). The van der Waals surface area contributed by atoms with Crippen LogP contribution in [0.3, 0.4) is 0 Å². The van der Waals surface area contributed by atoms with Gasteiger partial charge in [0.15, 0.2) is 0 Å². The Morgan fingerprint density at radius 3 is 3.00 bits per heavy atom. The predicted molar refractivity (Wildman–Crippen MR) is 69.8 cm³/mol. The zero-order chi connectivity index (χ0) is 12.1. The predicted octanol–water partition coefficient (Wildman–Crippen LogP) is 0.834. The number of carbonyl (C=O) groups excluding carboxylic acids is 1. The lowest BCUT2D eigenvalue weighted by Crippen LogP contribution is -2.40. The van der Waals surface area contributed by atoms with Crippen molar-refractivity contribution in [3.8, 4) is 0 Å². The molecule has 1 atom stereocenters. The van der Waals surface area contributed by atoms with E-state index in [-0.39, 0.29) is 11.9 Å². The minimum Gasteiger partial charge on any atom is -0.353 e. The van der Waals surface area contributed by atoms with Gasteiger partial charge in [0.25, 0.3) is 0 Å². The Labute approximate surface area is 106 Å². The Hall–Kier alpha value is -0.910. The summed E-state index contributed by atoms with van der Waals surface area (Å²) in [6.07, 6.45) is 2.72. The topological polar surface area (TPSA) is 67.2 Å². The zero-order valence-corrected chi connectivity index (χ0v) is 10.6. The third kappa shape index (κ3) is 4.46. The second-order valence-electron chi connectivity index (χ2n) is 4.44. The molecule has 4 N–H and O–H groups in total. The molecule has 1 aromatic rings. The van der Waals surface area contributed by atoms with Gasteiger partial charge in [-0.1, -0.05) is 6.07 Å². The highest BCUT2D eigenvalue weighted by molar-refractivity contribution is 7.09. The number of thiophene rings is 1. The second-order valence-corrected chi connectivity index (χ2v) is 5.47. The molecule has 1 heterocycles. The molecule has 94 valence electrons. The van der Waals surface area contributed by atoms with E-state index in [1.807, 2.05) is 11.4 Å². The van der Waals surface area contributed by atoms with Crippen LogP contribution in [0.25, 0.3) is 0 Å². The third-order valence-corrected chi connectivity index (χ3v) is 3.68. The molecule has 0 saturated heterocycles. The van der Waals surface area contributed by atoms with E-state index in [0.717, 1.165) is 19.4 Å². The van der Waals surface area contributed by atoms with Crippen LogP contribution in [0, 0.1) is 0 Å². The van der Waals surface area contributed by atoms with Crippen LogP contribution in [0.4, 0.5) is 0 Å². The zero-order valence-electron chi connectivity index (χ0n) is 9.82. The number of carbonyl (C=O) groups is 1. The van der Waals surface area contributed by atoms with Crippen molar-refractivity contribution in [1.29, 1.82) is 0 Å². The molecule has 0 aliphatic heterocycles. The van der Waals surface area contributed by atoms with E-state index in [9.17, 15) is 4.79 Å². The molecular weight excluding hydrogens is 234 g/mol. The summed E-state index contributed by atoms with van der Waals surface area (Å²) in [5.41, 5.74) is 5.67. The summed E-state index contributed by atoms with van der Waals surface area (Å²) in [6, 6.07) is 4.60. The average Bonchev–Trinajstić information content (AvgIpc) is 2.97. The number of hydrogen-bond acceptors (Lipinski definition) is 4. The molecule has 1 aliphatic carbocycles. The van der Waals surface area contributed by atoms with Gasteiger partial charge in [-0.2, -0.15) is 0 Å². The van der Waals surface area contributed by atoms with Crippen LogP contribution in [0.1, 0.15) is 24.1 Å². The number of amides is 1. The molecule has 0 bridgehead atoms. The molecular formula is C12H19N3OS. The van der Waals surface area contributed by atoms with Crippen molar-refractivity contribution in [3.05, 3.63) is 22.4 Å². The van der Waals surface area contributed by atoms with Crippen molar-refractivity contribution >= 4 is 17.2 Å². The van der Waals surface area contributed by atoms with Gasteiger partial charge >= 0.3 is 0 Å². The first-order valence-electron chi connectivity index (χ1n) is 6.03. The van der Waals surface area contributed by atoms with Gasteiger partial charge in [-0.05, 0) is 24.3 Å². The highest BCUT2D eigenvalue weighted by atomic mass is 32.1. The van der Waals surface area contributed by atoms with Gasteiger partial charge in [-0.25, -0.2) is 0 Å². The maximum atomic E-state index is 11.6. The largest absolute Gasteiger partial charge is 0.353 e.